The highest BCUT2D eigenvalue weighted by atomic mass is 16.6. The Morgan fingerprint density at radius 3 is 2.84 bits per heavy atom. The third kappa shape index (κ3) is 2.47. The summed E-state index contributed by atoms with van der Waals surface area (Å²) < 4.78 is 0. The van der Waals surface area contributed by atoms with Crippen molar-refractivity contribution in [2.45, 2.75) is 6.42 Å². The number of amides is 1. The van der Waals surface area contributed by atoms with Crippen molar-refractivity contribution in [3.05, 3.63) is 33.9 Å². The molecule has 2 rings (SSSR count). The van der Waals surface area contributed by atoms with Gasteiger partial charge < -0.3 is 10.6 Å². The number of nitrogens with zero attached hydrogens (tertiary/aromatic N) is 3. The van der Waals surface area contributed by atoms with E-state index in [-0.39, 0.29) is 23.1 Å². The highest BCUT2D eigenvalue weighted by Crippen LogP contribution is 2.29. The molecule has 98 valence electrons. The quantitative estimate of drug-likeness (QED) is 0.637. The molecule has 1 aromatic carbocycles. The summed E-state index contributed by atoms with van der Waals surface area (Å²) in [5, 5.41) is 19.7. The molecule has 7 nitrogen and oxygen atoms in total. The van der Waals surface area contributed by atoms with Crippen LogP contribution in [0.5, 0.6) is 0 Å². The van der Waals surface area contributed by atoms with Crippen LogP contribution in [0.25, 0.3) is 0 Å². The van der Waals surface area contributed by atoms with Gasteiger partial charge in [-0.05, 0) is 18.6 Å². The van der Waals surface area contributed by atoms with Gasteiger partial charge in [-0.3, -0.25) is 14.9 Å². The fourth-order valence-electron chi connectivity index (χ4n) is 2.19. The van der Waals surface area contributed by atoms with Crippen LogP contribution >= 0.6 is 0 Å². The fraction of sp³-hybridized carbons (Fsp3) is 0.333. The second-order valence-electron chi connectivity index (χ2n) is 4.40. The van der Waals surface area contributed by atoms with Crippen LogP contribution in [0.15, 0.2) is 18.2 Å². The molecule has 0 aliphatic carbocycles. The average molecular weight is 260 g/mol. The van der Waals surface area contributed by atoms with Crippen LogP contribution in [0.1, 0.15) is 12.0 Å². The number of hydrogen-bond acceptors (Lipinski definition) is 5. The summed E-state index contributed by atoms with van der Waals surface area (Å²) in [5.41, 5.74) is 5.69. The summed E-state index contributed by atoms with van der Waals surface area (Å²) >= 11 is 0. The first-order valence-electron chi connectivity index (χ1n) is 5.75. The van der Waals surface area contributed by atoms with Gasteiger partial charge in [-0.2, -0.15) is 5.26 Å². The van der Waals surface area contributed by atoms with Gasteiger partial charge in [0.1, 0.15) is 11.6 Å². The van der Waals surface area contributed by atoms with E-state index in [2.05, 4.69) is 0 Å². The molecule has 1 aliphatic heterocycles. The number of carbonyl (C=O) groups excluding carboxylic acids is 1. The lowest BCUT2D eigenvalue weighted by atomic mass is 10.1. The van der Waals surface area contributed by atoms with Gasteiger partial charge in [0.25, 0.3) is 5.69 Å². The van der Waals surface area contributed by atoms with Crippen LogP contribution in [0.3, 0.4) is 0 Å². The average Bonchev–Trinajstić information content (AvgIpc) is 2.87. The van der Waals surface area contributed by atoms with E-state index in [1.807, 2.05) is 4.90 Å². The van der Waals surface area contributed by atoms with E-state index in [1.54, 1.807) is 12.1 Å². The van der Waals surface area contributed by atoms with Gasteiger partial charge in [0.2, 0.25) is 5.91 Å². The molecule has 1 aromatic rings. The molecule has 1 unspecified atom stereocenters. The number of anilines is 1. The molecule has 0 aromatic heterocycles. The second kappa shape index (κ2) is 4.94. The Morgan fingerprint density at radius 2 is 2.32 bits per heavy atom. The van der Waals surface area contributed by atoms with Crippen molar-refractivity contribution in [3.63, 3.8) is 0 Å². The van der Waals surface area contributed by atoms with Gasteiger partial charge in [0.05, 0.1) is 10.8 Å². The van der Waals surface area contributed by atoms with Crippen molar-refractivity contribution in [2.75, 3.05) is 18.0 Å². The van der Waals surface area contributed by atoms with Crippen molar-refractivity contribution in [1.29, 1.82) is 5.26 Å². The molecule has 0 bridgehead atoms. The largest absolute Gasteiger partial charge is 0.371 e. The summed E-state index contributed by atoms with van der Waals surface area (Å²) in [6, 6.07) is 6.22. The molecule has 2 N–H and O–H groups in total. The van der Waals surface area contributed by atoms with E-state index in [0.717, 1.165) is 0 Å². The first-order valence-corrected chi connectivity index (χ1v) is 5.75. The zero-order chi connectivity index (χ0) is 14.0. The lowest BCUT2D eigenvalue weighted by molar-refractivity contribution is -0.385. The minimum atomic E-state index is -0.580. The third-order valence-electron chi connectivity index (χ3n) is 3.25. The number of primary amides is 1. The first kappa shape index (κ1) is 12.8. The molecule has 1 saturated heterocycles. The number of carbonyl (C=O) groups is 1. The number of nitriles is 1. The van der Waals surface area contributed by atoms with E-state index >= 15 is 0 Å². The maximum atomic E-state index is 11.1. The standard InChI is InChI=1S/C12H12N4O3/c13-6-8-1-2-10(5-11(8)16(18)19)15-4-3-9(7-15)12(14)17/h1-2,5,9H,3-4,7H2,(H2,14,17). The molecule has 1 aliphatic rings. The smallest absolute Gasteiger partial charge is 0.289 e. The van der Waals surface area contributed by atoms with Gasteiger partial charge >= 0.3 is 0 Å². The van der Waals surface area contributed by atoms with E-state index in [9.17, 15) is 14.9 Å². The van der Waals surface area contributed by atoms with Crippen LogP contribution in [-0.2, 0) is 4.79 Å². The molecular weight excluding hydrogens is 248 g/mol. The Labute approximate surface area is 109 Å². The Bertz CT molecular complexity index is 579. The number of rotatable bonds is 3. The summed E-state index contributed by atoms with van der Waals surface area (Å²) in [6.45, 7) is 1.08. The highest BCUT2D eigenvalue weighted by molar-refractivity contribution is 5.78. The zero-order valence-electron chi connectivity index (χ0n) is 10.1. The van der Waals surface area contributed by atoms with E-state index in [0.29, 0.717) is 25.2 Å². The summed E-state index contributed by atoms with van der Waals surface area (Å²) in [6.07, 6.45) is 0.642. The number of hydrogen-bond donors (Lipinski definition) is 1. The highest BCUT2D eigenvalue weighted by Gasteiger charge is 2.28. The van der Waals surface area contributed by atoms with Crippen molar-refractivity contribution in [2.24, 2.45) is 11.7 Å². The Kier molecular flexibility index (Phi) is 3.33. The SMILES string of the molecule is N#Cc1ccc(N2CCC(C(N)=O)C2)cc1[N+](=O)[O-]. The molecule has 1 atom stereocenters. The number of nitro benzene ring substituents is 1. The third-order valence-corrected chi connectivity index (χ3v) is 3.25. The molecule has 0 spiro atoms. The monoisotopic (exact) mass is 260 g/mol. The van der Waals surface area contributed by atoms with Crippen molar-refractivity contribution in [1.82, 2.24) is 0 Å². The Hall–Kier alpha value is -2.62. The predicted octanol–water partition coefficient (Wildman–Crippen LogP) is 0.778. The van der Waals surface area contributed by atoms with Gasteiger partial charge in [-0.25, -0.2) is 0 Å². The normalized spacial score (nSPS) is 18.1. The molecule has 0 radical (unpaired) electrons. The molecule has 1 heterocycles. The molecule has 7 heteroatoms. The van der Waals surface area contributed by atoms with Crippen LogP contribution in [0.4, 0.5) is 11.4 Å². The molecule has 1 fully saturated rings. The van der Waals surface area contributed by atoms with Crippen LogP contribution in [-0.4, -0.2) is 23.9 Å². The molecular formula is C12H12N4O3. The minimum absolute atomic E-state index is 0.0272. The topological polar surface area (TPSA) is 113 Å². The summed E-state index contributed by atoms with van der Waals surface area (Å²) in [4.78, 5) is 23.3. The van der Waals surface area contributed by atoms with E-state index in [4.69, 9.17) is 11.0 Å². The van der Waals surface area contributed by atoms with Gasteiger partial charge in [-0.15, -0.1) is 0 Å². The molecule has 1 amide bonds. The maximum Gasteiger partial charge on any atom is 0.289 e. The minimum Gasteiger partial charge on any atom is -0.371 e. The lowest BCUT2D eigenvalue weighted by Crippen LogP contribution is -2.27. The fourth-order valence-corrected chi connectivity index (χ4v) is 2.19. The predicted molar refractivity (Wildman–Crippen MR) is 67.3 cm³/mol. The Morgan fingerprint density at radius 1 is 1.58 bits per heavy atom. The van der Waals surface area contributed by atoms with Crippen molar-refractivity contribution in [3.8, 4) is 6.07 Å². The molecule has 19 heavy (non-hydrogen) atoms. The lowest BCUT2D eigenvalue weighted by Gasteiger charge is -2.18. The van der Waals surface area contributed by atoms with Crippen LogP contribution < -0.4 is 10.6 Å². The number of nitrogens with two attached hydrogens (primary N) is 1. The maximum absolute atomic E-state index is 11.1. The Balaban J connectivity index is 2.28. The van der Waals surface area contributed by atoms with Crippen molar-refractivity contribution < 1.29 is 9.72 Å². The second-order valence-corrected chi connectivity index (χ2v) is 4.40. The number of nitro groups is 1. The van der Waals surface area contributed by atoms with Gasteiger partial charge in [-0.1, -0.05) is 0 Å². The van der Waals surface area contributed by atoms with Gasteiger partial charge in [0.15, 0.2) is 0 Å². The van der Waals surface area contributed by atoms with Crippen LogP contribution in [0.2, 0.25) is 0 Å². The summed E-state index contributed by atoms with van der Waals surface area (Å²) in [7, 11) is 0. The number of benzene rings is 1. The van der Waals surface area contributed by atoms with E-state index in [1.165, 1.54) is 12.1 Å². The van der Waals surface area contributed by atoms with Crippen molar-refractivity contribution >= 4 is 17.3 Å². The summed E-state index contributed by atoms with van der Waals surface area (Å²) in [5.74, 6) is -0.583. The van der Waals surface area contributed by atoms with Gasteiger partial charge in [0, 0.05) is 24.8 Å². The first-order chi connectivity index (χ1) is 9.02. The van der Waals surface area contributed by atoms with Crippen LogP contribution in [0, 0.1) is 27.4 Å². The van der Waals surface area contributed by atoms with E-state index < -0.39 is 4.92 Å². The zero-order valence-corrected chi connectivity index (χ0v) is 10.1. The molecule has 0 saturated carbocycles.